The molecule has 0 bridgehead atoms. The molecular weight excluding hydrogens is 575 g/mol. The summed E-state index contributed by atoms with van der Waals surface area (Å²) in [4.78, 5) is 60.6. The number of carbonyl (C=O) groups excluding carboxylic acids is 1. The van der Waals surface area contributed by atoms with Crippen molar-refractivity contribution in [3.63, 3.8) is 0 Å². The summed E-state index contributed by atoms with van der Waals surface area (Å²) in [6, 6.07) is 0. The number of rotatable bonds is 18. The van der Waals surface area contributed by atoms with Crippen LogP contribution < -0.4 is 5.32 Å². The molecule has 2 heterocycles. The lowest BCUT2D eigenvalue weighted by molar-refractivity contribution is -0.119. The fraction of sp³-hybridized carbons (Fsp3) is 0.647. The molecule has 3 atom stereocenters. The van der Waals surface area contributed by atoms with Gasteiger partial charge in [-0.1, -0.05) is 0 Å². The first-order valence-electron chi connectivity index (χ1n) is 11.0. The monoisotopic (exact) mass is 605 g/mol. The molecule has 0 aliphatic carbocycles. The van der Waals surface area contributed by atoms with Crippen molar-refractivity contribution >= 4 is 58.6 Å². The number of phosphoric acid groups is 2. The predicted octanol–water partition coefficient (Wildman–Crippen LogP) is 2.46. The maximum absolute atomic E-state index is 12.0. The Balaban J connectivity index is 1.89. The smallest absolute Gasteiger partial charge is 0.368 e. The summed E-state index contributed by atoms with van der Waals surface area (Å²) in [5.74, 6) is 1.43. The van der Waals surface area contributed by atoms with Crippen LogP contribution in [0.15, 0.2) is 12.7 Å². The van der Waals surface area contributed by atoms with Crippen LogP contribution in [0.4, 0.5) is 5.82 Å². The average Bonchev–Trinajstić information content (AvgIpc) is 3.16. The highest BCUT2D eigenvalue weighted by molar-refractivity contribution is 7.80. The number of imidazole rings is 1. The number of aromatic nitrogens is 4. The molecule has 0 aliphatic heterocycles. The van der Waals surface area contributed by atoms with E-state index < -0.39 is 35.7 Å². The first-order valence-corrected chi connectivity index (χ1v) is 16.4. The normalized spacial score (nSPS) is 16.3. The van der Waals surface area contributed by atoms with Crippen LogP contribution in [-0.2, 0) is 38.4 Å². The van der Waals surface area contributed by atoms with Gasteiger partial charge in [-0.05, 0) is 31.9 Å². The molecule has 0 amide bonds. The molecule has 2 rings (SSSR count). The van der Waals surface area contributed by atoms with Crippen molar-refractivity contribution in [2.24, 2.45) is 0 Å². The summed E-state index contributed by atoms with van der Waals surface area (Å²) in [5, 5.41) is 3.13. The molecule has 0 spiro atoms. The van der Waals surface area contributed by atoms with E-state index in [0.717, 1.165) is 18.6 Å². The van der Waals surface area contributed by atoms with Crippen LogP contribution in [0.2, 0.25) is 0 Å². The van der Waals surface area contributed by atoms with Crippen LogP contribution in [0.3, 0.4) is 0 Å². The second-order valence-corrected chi connectivity index (χ2v) is 13.1. The molecule has 20 heteroatoms. The van der Waals surface area contributed by atoms with Gasteiger partial charge in [0.2, 0.25) is 0 Å². The second-order valence-electron chi connectivity index (χ2n) is 7.91. The highest BCUT2D eigenvalue weighted by Gasteiger charge is 2.39. The molecule has 0 saturated carbocycles. The SMILES string of the molecule is C[C@H](Cn1cnc2c(NCCCC(=O)CCCCS)ncnc21)OCP(=O)(O)OP(=O)(O)OP(=O)(O)O. The zero-order valence-electron chi connectivity index (χ0n) is 19.8. The quantitative estimate of drug-likeness (QED) is 0.0814. The van der Waals surface area contributed by atoms with Crippen LogP contribution in [0.5, 0.6) is 0 Å². The summed E-state index contributed by atoms with van der Waals surface area (Å²) >= 11 is 4.13. The minimum atomic E-state index is -5.53. The lowest BCUT2D eigenvalue weighted by Gasteiger charge is -2.19. The number of ketones is 1. The van der Waals surface area contributed by atoms with Crippen molar-refractivity contribution < 1.29 is 51.4 Å². The Morgan fingerprint density at radius 3 is 2.46 bits per heavy atom. The number of nitrogens with zero attached hydrogens (tertiary/aromatic N) is 4. The lowest BCUT2D eigenvalue weighted by Crippen LogP contribution is -2.17. The first-order chi connectivity index (χ1) is 17.2. The van der Waals surface area contributed by atoms with E-state index in [1.54, 1.807) is 4.57 Å². The molecule has 210 valence electrons. The minimum absolute atomic E-state index is 0.101. The number of hydrogen-bond acceptors (Lipinski definition) is 12. The van der Waals surface area contributed by atoms with Crippen LogP contribution in [0.1, 0.15) is 39.0 Å². The van der Waals surface area contributed by atoms with Gasteiger partial charge >= 0.3 is 23.2 Å². The Morgan fingerprint density at radius 1 is 1.08 bits per heavy atom. The van der Waals surface area contributed by atoms with E-state index in [-0.39, 0.29) is 12.3 Å². The number of carbonyl (C=O) groups is 1. The third kappa shape index (κ3) is 12.0. The summed E-state index contributed by atoms with van der Waals surface area (Å²) in [6.45, 7) is 2.14. The van der Waals surface area contributed by atoms with E-state index in [4.69, 9.17) is 14.5 Å². The third-order valence-corrected chi connectivity index (χ3v) is 8.92. The van der Waals surface area contributed by atoms with Gasteiger partial charge in [-0.25, -0.2) is 28.4 Å². The topological polar surface area (TPSA) is 233 Å². The summed E-state index contributed by atoms with van der Waals surface area (Å²) in [7, 11) is -15.9. The largest absolute Gasteiger partial charge is 0.488 e. The Labute approximate surface area is 218 Å². The number of Topliss-reactive ketones (excluding diaryl/α,β-unsaturated/α-hetero) is 1. The van der Waals surface area contributed by atoms with Gasteiger partial charge in [0, 0.05) is 19.4 Å². The Morgan fingerprint density at radius 2 is 1.78 bits per heavy atom. The maximum Gasteiger partial charge on any atom is 0.488 e. The van der Waals surface area contributed by atoms with Crippen LogP contribution in [-0.4, -0.2) is 69.6 Å². The number of thiol groups is 1. The van der Waals surface area contributed by atoms with Crippen molar-refractivity contribution in [3.05, 3.63) is 12.7 Å². The summed E-state index contributed by atoms with van der Waals surface area (Å²) < 4.78 is 48.4. The van der Waals surface area contributed by atoms with Crippen molar-refractivity contribution in [1.82, 2.24) is 19.5 Å². The van der Waals surface area contributed by atoms with Gasteiger partial charge < -0.3 is 34.2 Å². The molecule has 2 aromatic rings. The molecule has 2 aromatic heterocycles. The molecule has 5 N–H and O–H groups in total. The zero-order valence-corrected chi connectivity index (χ0v) is 23.4. The van der Waals surface area contributed by atoms with Crippen molar-refractivity contribution in [3.8, 4) is 0 Å². The molecule has 0 aromatic carbocycles. The molecule has 0 saturated heterocycles. The summed E-state index contributed by atoms with van der Waals surface area (Å²) in [6.07, 6.45) is 4.33. The third-order valence-electron chi connectivity index (χ3n) is 4.61. The second kappa shape index (κ2) is 14.2. The Hall–Kier alpha value is -1.22. The van der Waals surface area contributed by atoms with Crippen molar-refractivity contribution in [1.29, 1.82) is 0 Å². The highest BCUT2D eigenvalue weighted by Crippen LogP contribution is 2.65. The average molecular weight is 605 g/mol. The number of fused-ring (bicyclic) bond motifs is 1. The van der Waals surface area contributed by atoms with Gasteiger partial charge in [0.1, 0.15) is 24.0 Å². The van der Waals surface area contributed by atoms with E-state index >= 15 is 0 Å². The first kappa shape index (κ1) is 32.0. The van der Waals surface area contributed by atoms with Gasteiger partial charge in [-0.3, -0.25) is 9.36 Å². The number of unbranched alkanes of at least 4 members (excludes halogenated alkanes) is 1. The van der Waals surface area contributed by atoms with Gasteiger partial charge in [0.25, 0.3) is 0 Å². The van der Waals surface area contributed by atoms with Crippen LogP contribution in [0, 0.1) is 0 Å². The number of anilines is 1. The van der Waals surface area contributed by atoms with E-state index in [1.807, 2.05) is 0 Å². The number of hydrogen-bond donors (Lipinski definition) is 6. The zero-order chi connectivity index (χ0) is 27.7. The molecular formula is C17H30N5O11P3S. The van der Waals surface area contributed by atoms with Gasteiger partial charge in [0.05, 0.1) is 19.0 Å². The van der Waals surface area contributed by atoms with Gasteiger partial charge in [-0.15, -0.1) is 0 Å². The molecule has 2 unspecified atom stereocenters. The fourth-order valence-electron chi connectivity index (χ4n) is 3.08. The molecule has 0 radical (unpaired) electrons. The van der Waals surface area contributed by atoms with E-state index in [0.29, 0.717) is 42.8 Å². The molecule has 0 fully saturated rings. The molecule has 16 nitrogen and oxygen atoms in total. The van der Waals surface area contributed by atoms with Crippen LogP contribution in [0.25, 0.3) is 11.2 Å². The van der Waals surface area contributed by atoms with Crippen molar-refractivity contribution in [2.75, 3.05) is 24.0 Å². The van der Waals surface area contributed by atoms with E-state index in [9.17, 15) is 28.3 Å². The highest BCUT2D eigenvalue weighted by atomic mass is 32.1. The van der Waals surface area contributed by atoms with Gasteiger partial charge in [-0.2, -0.15) is 16.9 Å². The Kier molecular flexibility index (Phi) is 12.3. The van der Waals surface area contributed by atoms with E-state index in [2.05, 4.69) is 41.5 Å². The van der Waals surface area contributed by atoms with E-state index in [1.165, 1.54) is 19.6 Å². The maximum atomic E-state index is 12.0. The van der Waals surface area contributed by atoms with Crippen LogP contribution >= 0.6 is 35.9 Å². The van der Waals surface area contributed by atoms with Crippen molar-refractivity contribution in [2.45, 2.75) is 51.7 Å². The Bertz CT molecular complexity index is 1190. The predicted molar refractivity (Wildman–Crippen MR) is 135 cm³/mol. The number of nitrogens with one attached hydrogen (secondary N) is 1. The standard InChI is InChI=1S/C17H30N5O11P3S/c1-13(31-12-34(24,25)32-36(29,30)33-35(26,27)28)9-22-11-21-15-16(19-10-20-17(15)22)18-7-4-6-14(23)5-2-3-8-37/h10-11,13,37H,2-9,12H2,1H3,(H,24,25)(H,29,30)(H,18,19,20)(H2,26,27,28)/t13-/m1/s1. The summed E-state index contributed by atoms with van der Waals surface area (Å²) in [5.41, 5.74) is 0.899. The minimum Gasteiger partial charge on any atom is -0.368 e. The molecule has 0 aliphatic rings. The lowest BCUT2D eigenvalue weighted by atomic mass is 10.1. The van der Waals surface area contributed by atoms with Gasteiger partial charge in [0.15, 0.2) is 11.5 Å². The fourth-order valence-corrected chi connectivity index (χ4v) is 6.69. The number of ether oxygens (including phenoxy) is 1. The molecule has 37 heavy (non-hydrogen) atoms.